The van der Waals surface area contributed by atoms with Crippen molar-refractivity contribution in [2.24, 2.45) is 5.16 Å². The first-order chi connectivity index (χ1) is 17.0. The summed E-state index contributed by atoms with van der Waals surface area (Å²) < 4.78 is 6.31. The molecule has 5 rings (SSSR count). The third kappa shape index (κ3) is 3.38. The average molecular weight is 492 g/mol. The molecule has 1 N–H and O–H groups in total. The molecule has 0 saturated heterocycles. The molecular weight excluding hydrogens is 468 g/mol. The number of rotatable bonds is 4. The number of nitrogens with zero attached hydrogens (tertiary/aromatic N) is 4. The van der Waals surface area contributed by atoms with E-state index in [1.165, 1.54) is 17.7 Å². The van der Waals surface area contributed by atoms with Crippen molar-refractivity contribution in [1.29, 1.82) is 0 Å². The Morgan fingerprint density at radius 2 is 2.03 bits per heavy atom. The number of aliphatic hydroxyl groups is 1. The lowest BCUT2D eigenvalue weighted by Crippen LogP contribution is -2.45. The van der Waals surface area contributed by atoms with Crippen molar-refractivity contribution >= 4 is 28.8 Å². The minimum Gasteiger partial charge on any atom is -0.458 e. The van der Waals surface area contributed by atoms with E-state index in [0.717, 1.165) is 5.39 Å². The Balaban J connectivity index is 1.87. The number of para-hydroxylation sites is 1. The summed E-state index contributed by atoms with van der Waals surface area (Å²) in [5.41, 5.74) is -2.57. The highest BCUT2D eigenvalue weighted by atomic mass is 16.6. The van der Waals surface area contributed by atoms with Crippen molar-refractivity contribution in [3.8, 4) is 11.4 Å². The fourth-order valence-electron chi connectivity index (χ4n) is 4.76. The highest BCUT2D eigenvalue weighted by Gasteiger charge is 2.52. The van der Waals surface area contributed by atoms with Crippen LogP contribution < -0.4 is 5.56 Å². The molecule has 1 aromatic carbocycles. The van der Waals surface area contributed by atoms with Gasteiger partial charge in [0.15, 0.2) is 5.60 Å². The molecule has 0 radical (unpaired) electrons. The van der Waals surface area contributed by atoms with Crippen LogP contribution in [0.4, 0.5) is 5.69 Å². The number of nitro groups is 1. The minimum absolute atomic E-state index is 0.00910. The van der Waals surface area contributed by atoms with Crippen molar-refractivity contribution in [3.05, 3.63) is 67.0 Å². The van der Waals surface area contributed by atoms with Gasteiger partial charge in [0.1, 0.15) is 23.6 Å². The number of ether oxygens (including phenoxy) is 1. The summed E-state index contributed by atoms with van der Waals surface area (Å²) in [6.45, 7) is 6.57. The molecule has 1 atom stereocenters. The van der Waals surface area contributed by atoms with Crippen molar-refractivity contribution < 1.29 is 24.4 Å². The van der Waals surface area contributed by atoms with Gasteiger partial charge in [-0.1, -0.05) is 30.3 Å². The van der Waals surface area contributed by atoms with E-state index in [1.54, 1.807) is 12.1 Å². The first-order valence-electron chi connectivity index (χ1n) is 11.5. The second-order valence-corrected chi connectivity index (χ2v) is 9.80. The Hall–Kier alpha value is -4.12. The van der Waals surface area contributed by atoms with Crippen molar-refractivity contribution in [1.82, 2.24) is 9.55 Å². The zero-order chi connectivity index (χ0) is 26.0. The highest BCUT2D eigenvalue weighted by Crippen LogP contribution is 2.46. The number of pyridine rings is 2. The zero-order valence-corrected chi connectivity index (χ0v) is 20.2. The fraction of sp³-hybridized carbons (Fsp3) is 0.360. The van der Waals surface area contributed by atoms with Crippen LogP contribution in [0, 0.1) is 10.1 Å². The lowest BCUT2D eigenvalue weighted by Gasteiger charge is -2.31. The van der Waals surface area contributed by atoms with Crippen LogP contribution in [0.2, 0.25) is 0 Å². The summed E-state index contributed by atoms with van der Waals surface area (Å²) in [5.74, 6) is -1.03. The number of hydrogen-bond acceptors (Lipinski definition) is 9. The lowest BCUT2D eigenvalue weighted by atomic mass is 9.84. The van der Waals surface area contributed by atoms with Gasteiger partial charge in [0.25, 0.3) is 5.56 Å². The van der Waals surface area contributed by atoms with Gasteiger partial charge in [-0.05, 0) is 33.3 Å². The maximum absolute atomic E-state index is 13.6. The van der Waals surface area contributed by atoms with Crippen LogP contribution in [-0.4, -0.2) is 37.4 Å². The summed E-state index contributed by atoms with van der Waals surface area (Å²) in [7, 11) is 0. The molecule has 11 nitrogen and oxygen atoms in total. The van der Waals surface area contributed by atoms with E-state index >= 15 is 0 Å². The number of hydrogen-bond donors (Lipinski definition) is 1. The number of cyclic esters (lactones) is 1. The maximum Gasteiger partial charge on any atom is 0.343 e. The van der Waals surface area contributed by atoms with Gasteiger partial charge in [-0.15, -0.1) is 0 Å². The molecule has 2 aliphatic rings. The van der Waals surface area contributed by atoms with Gasteiger partial charge in [-0.2, -0.15) is 0 Å². The first kappa shape index (κ1) is 23.6. The monoisotopic (exact) mass is 492 g/mol. The van der Waals surface area contributed by atoms with E-state index in [1.807, 2.05) is 32.9 Å². The molecule has 11 heteroatoms. The molecule has 0 fully saturated rings. The van der Waals surface area contributed by atoms with Gasteiger partial charge >= 0.3 is 11.7 Å². The molecule has 0 amide bonds. The van der Waals surface area contributed by atoms with Crippen LogP contribution in [0.3, 0.4) is 0 Å². The van der Waals surface area contributed by atoms with Gasteiger partial charge < -0.3 is 14.7 Å². The first-order valence-corrected chi connectivity index (χ1v) is 11.5. The van der Waals surface area contributed by atoms with Gasteiger partial charge in [0.05, 0.1) is 34.3 Å². The number of benzene rings is 1. The van der Waals surface area contributed by atoms with Crippen LogP contribution in [0.25, 0.3) is 22.3 Å². The van der Waals surface area contributed by atoms with Gasteiger partial charge in [-0.3, -0.25) is 19.5 Å². The quantitative estimate of drug-likeness (QED) is 0.198. The Morgan fingerprint density at radius 3 is 2.69 bits per heavy atom. The Labute approximate surface area is 205 Å². The summed E-state index contributed by atoms with van der Waals surface area (Å²) in [6, 6.07) is 7.21. The van der Waals surface area contributed by atoms with Crippen molar-refractivity contribution in [2.45, 2.75) is 58.5 Å². The minimum atomic E-state index is -2.32. The Bertz CT molecular complexity index is 1550. The van der Waals surface area contributed by atoms with Gasteiger partial charge in [0, 0.05) is 16.5 Å². The number of fused-ring (bicyclic) bond motifs is 5. The molecule has 0 bridgehead atoms. The highest BCUT2D eigenvalue weighted by molar-refractivity contribution is 6.03. The third-order valence-corrected chi connectivity index (χ3v) is 6.42. The molecule has 0 unspecified atom stereocenters. The second-order valence-electron chi connectivity index (χ2n) is 9.80. The number of esters is 1. The van der Waals surface area contributed by atoms with E-state index in [0.29, 0.717) is 16.6 Å². The van der Waals surface area contributed by atoms with Crippen LogP contribution >= 0.6 is 0 Å². The number of oxime groups is 1. The molecule has 0 spiro atoms. The summed E-state index contributed by atoms with van der Waals surface area (Å²) in [6.07, 6.45) is 1.31. The number of carbonyl (C=O) groups excluding carboxylic acids is 1. The lowest BCUT2D eigenvalue weighted by molar-refractivity contribution is -0.386. The molecule has 3 aromatic rings. The van der Waals surface area contributed by atoms with Crippen molar-refractivity contribution in [3.63, 3.8) is 0 Å². The zero-order valence-electron chi connectivity index (χ0n) is 20.2. The summed E-state index contributed by atoms with van der Waals surface area (Å²) in [5, 5.41) is 28.5. The fourth-order valence-corrected chi connectivity index (χ4v) is 4.76. The van der Waals surface area contributed by atoms with Crippen LogP contribution in [-0.2, 0) is 33.1 Å². The van der Waals surface area contributed by atoms with E-state index in [2.05, 4.69) is 10.1 Å². The molecule has 2 aliphatic heterocycles. The molecular formula is C25H24N4O7. The van der Waals surface area contributed by atoms with Gasteiger partial charge in [-0.25, -0.2) is 9.78 Å². The van der Waals surface area contributed by atoms with E-state index < -0.39 is 39.9 Å². The van der Waals surface area contributed by atoms with Gasteiger partial charge in [0.2, 0.25) is 0 Å². The van der Waals surface area contributed by atoms with E-state index in [9.17, 15) is 24.8 Å². The Kier molecular flexibility index (Phi) is 5.22. The third-order valence-electron chi connectivity index (χ3n) is 6.42. The SMILES string of the molecule is CC[C@@]1(O)C(=O)OCc2c1c([N+](=O)[O-])c1n(c2=O)Cc2c-1nc1ccccc1c2/C=N/OC(C)(C)C. The van der Waals surface area contributed by atoms with Crippen LogP contribution in [0.1, 0.15) is 56.4 Å². The normalized spacial score (nSPS) is 18.6. The standard InChI is InChI=1S/C25H24N4O7/c1-5-25(32)18-16(12-35-23(25)31)22(30)28-11-15-14(10-26-36-24(2,3)4)13-8-6-7-9-17(13)27-19(15)21(28)20(18)29(33)34/h6-10,32H,5,11-12H2,1-4H3/b26-10+/t25-/m0/s1. The maximum atomic E-state index is 13.6. The van der Waals surface area contributed by atoms with E-state index in [-0.39, 0.29) is 35.5 Å². The topological polar surface area (TPSA) is 146 Å². The largest absolute Gasteiger partial charge is 0.458 e. The second kappa shape index (κ2) is 7.95. The Morgan fingerprint density at radius 1 is 1.31 bits per heavy atom. The molecule has 36 heavy (non-hydrogen) atoms. The molecule has 0 saturated carbocycles. The number of carbonyl (C=O) groups is 1. The molecule has 2 aromatic heterocycles. The summed E-state index contributed by atoms with van der Waals surface area (Å²) in [4.78, 5) is 48.1. The number of aromatic nitrogens is 2. The molecule has 186 valence electrons. The van der Waals surface area contributed by atoms with Crippen LogP contribution in [0.5, 0.6) is 0 Å². The smallest absolute Gasteiger partial charge is 0.343 e. The van der Waals surface area contributed by atoms with Crippen LogP contribution in [0.15, 0.2) is 34.2 Å². The predicted molar refractivity (Wildman–Crippen MR) is 130 cm³/mol. The van der Waals surface area contributed by atoms with Crippen molar-refractivity contribution in [2.75, 3.05) is 0 Å². The summed E-state index contributed by atoms with van der Waals surface area (Å²) >= 11 is 0. The average Bonchev–Trinajstić information content (AvgIpc) is 3.20. The molecule has 4 heterocycles. The molecule has 0 aliphatic carbocycles. The predicted octanol–water partition coefficient (Wildman–Crippen LogP) is 3.14. The van der Waals surface area contributed by atoms with E-state index in [4.69, 9.17) is 9.57 Å².